The minimum Gasteiger partial charge on any atom is -0.465 e. The van der Waals surface area contributed by atoms with Crippen molar-refractivity contribution < 1.29 is 9.53 Å². The lowest BCUT2D eigenvalue weighted by Gasteiger charge is -2.16. The molecule has 0 bridgehead atoms. The van der Waals surface area contributed by atoms with Crippen molar-refractivity contribution in [3.05, 3.63) is 40.0 Å². The van der Waals surface area contributed by atoms with E-state index in [0.29, 0.717) is 27.8 Å². The number of nitrogen functional groups attached to an aromatic ring is 1. The number of nitrogens with two attached hydrogens (primary N) is 1. The smallest absolute Gasteiger partial charge is 0.340 e. The molecule has 1 aliphatic rings. The van der Waals surface area contributed by atoms with E-state index in [1.54, 1.807) is 12.3 Å². The third-order valence-corrected chi connectivity index (χ3v) is 4.14. The number of rotatable bonds is 3. The molecule has 114 valence electrons. The summed E-state index contributed by atoms with van der Waals surface area (Å²) in [6.45, 7) is 1.88. The summed E-state index contributed by atoms with van der Waals surface area (Å²) in [6, 6.07) is 3.70. The number of anilines is 1. The second-order valence-corrected chi connectivity index (χ2v) is 5.82. The van der Waals surface area contributed by atoms with Crippen LogP contribution in [0.3, 0.4) is 0 Å². The normalized spacial score (nSPS) is 14.0. The highest BCUT2D eigenvalue weighted by molar-refractivity contribution is 6.34. The number of carbonyl (C=O) groups excluding carboxylic acids is 1. The second-order valence-electron chi connectivity index (χ2n) is 5.41. The fourth-order valence-corrected chi connectivity index (χ4v) is 2.83. The van der Waals surface area contributed by atoms with E-state index >= 15 is 0 Å². The molecule has 5 nitrogen and oxygen atoms in total. The maximum Gasteiger partial charge on any atom is 0.340 e. The van der Waals surface area contributed by atoms with E-state index in [1.165, 1.54) is 7.11 Å². The minimum absolute atomic E-state index is 0.165. The molecular formula is C16H16ClN3O2. The molecule has 0 aliphatic heterocycles. The molecule has 1 saturated carbocycles. The SMILES string of the molecule is COC(=O)c1c(Cl)ccc(C2CC2)c1-c1nc(N)ncc1C. The van der Waals surface area contributed by atoms with E-state index in [4.69, 9.17) is 22.1 Å². The molecule has 1 aromatic carbocycles. The van der Waals surface area contributed by atoms with Gasteiger partial charge in [-0.15, -0.1) is 0 Å². The van der Waals surface area contributed by atoms with Crippen LogP contribution in [0.2, 0.25) is 5.02 Å². The van der Waals surface area contributed by atoms with Gasteiger partial charge in [0.25, 0.3) is 0 Å². The molecule has 3 rings (SSSR count). The van der Waals surface area contributed by atoms with Gasteiger partial charge in [0.2, 0.25) is 5.95 Å². The number of nitrogens with zero attached hydrogens (tertiary/aromatic N) is 2. The van der Waals surface area contributed by atoms with Gasteiger partial charge in [-0.05, 0) is 42.9 Å². The largest absolute Gasteiger partial charge is 0.465 e. The van der Waals surface area contributed by atoms with Crippen molar-refractivity contribution in [1.29, 1.82) is 0 Å². The molecule has 1 fully saturated rings. The Morgan fingerprint density at radius 1 is 1.41 bits per heavy atom. The first-order valence-electron chi connectivity index (χ1n) is 7.03. The number of aryl methyl sites for hydroxylation is 1. The Bertz CT molecular complexity index is 757. The Hall–Kier alpha value is -2.14. The number of esters is 1. The third kappa shape index (κ3) is 2.52. The monoisotopic (exact) mass is 317 g/mol. The van der Waals surface area contributed by atoms with Gasteiger partial charge in [0.05, 0.1) is 23.4 Å². The minimum atomic E-state index is -0.473. The summed E-state index contributed by atoms with van der Waals surface area (Å²) in [5.74, 6) is 0.114. The fraction of sp³-hybridized carbons (Fsp3) is 0.312. The number of hydrogen-bond donors (Lipinski definition) is 1. The first kappa shape index (κ1) is 14.8. The molecule has 2 N–H and O–H groups in total. The van der Waals surface area contributed by atoms with Crippen molar-refractivity contribution in [1.82, 2.24) is 9.97 Å². The standard InChI is InChI=1S/C16H16ClN3O2/c1-8-7-19-16(18)20-14(8)12-10(9-3-4-9)5-6-11(17)13(12)15(21)22-2/h5-7,9H,3-4H2,1-2H3,(H2,18,19,20). The summed E-state index contributed by atoms with van der Waals surface area (Å²) in [4.78, 5) is 20.6. The van der Waals surface area contributed by atoms with Crippen LogP contribution in [-0.2, 0) is 4.74 Å². The molecule has 0 amide bonds. The molecule has 2 aromatic rings. The Balaban J connectivity index is 2.33. The number of ether oxygens (including phenoxy) is 1. The van der Waals surface area contributed by atoms with Gasteiger partial charge in [-0.2, -0.15) is 0 Å². The summed E-state index contributed by atoms with van der Waals surface area (Å²) in [5.41, 5.74) is 9.32. The van der Waals surface area contributed by atoms with E-state index in [-0.39, 0.29) is 5.95 Å². The second kappa shape index (κ2) is 5.57. The highest BCUT2D eigenvalue weighted by Crippen LogP contribution is 2.47. The average molecular weight is 318 g/mol. The zero-order valence-electron chi connectivity index (χ0n) is 12.4. The summed E-state index contributed by atoms with van der Waals surface area (Å²) in [5, 5.41) is 0.350. The molecule has 0 unspecified atom stereocenters. The first-order valence-corrected chi connectivity index (χ1v) is 7.41. The molecule has 0 spiro atoms. The van der Waals surface area contributed by atoms with Crippen LogP contribution >= 0.6 is 11.6 Å². The van der Waals surface area contributed by atoms with Crippen molar-refractivity contribution in [2.75, 3.05) is 12.8 Å². The Morgan fingerprint density at radius 2 is 2.14 bits per heavy atom. The van der Waals surface area contributed by atoms with Gasteiger partial charge in [-0.1, -0.05) is 17.7 Å². The van der Waals surface area contributed by atoms with Crippen molar-refractivity contribution >= 4 is 23.5 Å². The molecule has 0 atom stereocenters. The van der Waals surface area contributed by atoms with Crippen LogP contribution in [0.15, 0.2) is 18.3 Å². The topological polar surface area (TPSA) is 78.1 Å². The van der Waals surface area contributed by atoms with E-state index in [9.17, 15) is 4.79 Å². The lowest BCUT2D eigenvalue weighted by molar-refractivity contribution is 0.0601. The predicted octanol–water partition coefficient (Wildman–Crippen LogP) is 3.35. The van der Waals surface area contributed by atoms with Gasteiger partial charge >= 0.3 is 5.97 Å². The number of aromatic nitrogens is 2. The van der Waals surface area contributed by atoms with Crippen molar-refractivity contribution in [2.45, 2.75) is 25.7 Å². The lowest BCUT2D eigenvalue weighted by Crippen LogP contribution is -2.09. The van der Waals surface area contributed by atoms with Gasteiger partial charge in [-0.3, -0.25) is 0 Å². The van der Waals surface area contributed by atoms with Gasteiger partial charge < -0.3 is 10.5 Å². The highest BCUT2D eigenvalue weighted by atomic mass is 35.5. The average Bonchev–Trinajstić information content (AvgIpc) is 3.33. The lowest BCUT2D eigenvalue weighted by atomic mass is 9.93. The summed E-state index contributed by atoms with van der Waals surface area (Å²) in [7, 11) is 1.34. The summed E-state index contributed by atoms with van der Waals surface area (Å²) < 4.78 is 4.91. The fourth-order valence-electron chi connectivity index (χ4n) is 2.59. The molecule has 0 radical (unpaired) electrons. The summed E-state index contributed by atoms with van der Waals surface area (Å²) in [6.07, 6.45) is 3.83. The van der Waals surface area contributed by atoms with Gasteiger partial charge in [0, 0.05) is 11.8 Å². The van der Waals surface area contributed by atoms with Gasteiger partial charge in [0.1, 0.15) is 0 Å². The maximum atomic E-state index is 12.2. The van der Waals surface area contributed by atoms with Crippen LogP contribution in [0.25, 0.3) is 11.3 Å². The van der Waals surface area contributed by atoms with E-state index in [2.05, 4.69) is 9.97 Å². The molecule has 1 heterocycles. The number of methoxy groups -OCH3 is 1. The van der Waals surface area contributed by atoms with Gasteiger partial charge in [0.15, 0.2) is 0 Å². The first-order chi connectivity index (χ1) is 10.5. The third-order valence-electron chi connectivity index (χ3n) is 3.82. The highest BCUT2D eigenvalue weighted by Gasteiger charge is 2.31. The molecular weight excluding hydrogens is 302 g/mol. The zero-order chi connectivity index (χ0) is 15.9. The molecule has 22 heavy (non-hydrogen) atoms. The van der Waals surface area contributed by atoms with Gasteiger partial charge in [-0.25, -0.2) is 14.8 Å². The maximum absolute atomic E-state index is 12.2. The van der Waals surface area contributed by atoms with Crippen molar-refractivity contribution in [3.8, 4) is 11.3 Å². The predicted molar refractivity (Wildman–Crippen MR) is 84.9 cm³/mol. The number of hydrogen-bond acceptors (Lipinski definition) is 5. The quantitative estimate of drug-likeness (QED) is 0.878. The van der Waals surface area contributed by atoms with E-state index < -0.39 is 5.97 Å². The van der Waals surface area contributed by atoms with E-state index in [0.717, 1.165) is 24.0 Å². The number of benzene rings is 1. The van der Waals surface area contributed by atoms with Crippen LogP contribution in [0.1, 0.15) is 40.2 Å². The number of carbonyl (C=O) groups is 1. The van der Waals surface area contributed by atoms with Crippen LogP contribution in [0.4, 0.5) is 5.95 Å². The molecule has 6 heteroatoms. The van der Waals surface area contributed by atoms with Crippen LogP contribution in [-0.4, -0.2) is 23.0 Å². The Labute approximate surface area is 133 Å². The Morgan fingerprint density at radius 3 is 2.77 bits per heavy atom. The van der Waals surface area contributed by atoms with Crippen LogP contribution < -0.4 is 5.73 Å². The Kier molecular flexibility index (Phi) is 3.74. The van der Waals surface area contributed by atoms with E-state index in [1.807, 2.05) is 13.0 Å². The molecule has 0 saturated heterocycles. The summed E-state index contributed by atoms with van der Waals surface area (Å²) >= 11 is 6.27. The molecule has 1 aliphatic carbocycles. The van der Waals surface area contributed by atoms with Crippen LogP contribution in [0.5, 0.6) is 0 Å². The van der Waals surface area contributed by atoms with Crippen molar-refractivity contribution in [2.24, 2.45) is 0 Å². The molecule has 1 aromatic heterocycles. The van der Waals surface area contributed by atoms with Crippen molar-refractivity contribution in [3.63, 3.8) is 0 Å². The number of halogens is 1. The van der Waals surface area contributed by atoms with Crippen LogP contribution in [0, 0.1) is 6.92 Å². The zero-order valence-corrected chi connectivity index (χ0v) is 13.1.